The van der Waals surface area contributed by atoms with Crippen molar-refractivity contribution in [3.8, 4) is 11.1 Å². The summed E-state index contributed by atoms with van der Waals surface area (Å²) in [5.74, 6) is 0.906. The van der Waals surface area contributed by atoms with Gasteiger partial charge in [0.15, 0.2) is 5.96 Å². The third-order valence-corrected chi connectivity index (χ3v) is 7.14. The number of guanidine groups is 1. The van der Waals surface area contributed by atoms with Gasteiger partial charge in [-0.2, -0.15) is 0 Å². The first-order valence-electron chi connectivity index (χ1n) is 11.8. The summed E-state index contributed by atoms with van der Waals surface area (Å²) < 4.78 is 0. The summed E-state index contributed by atoms with van der Waals surface area (Å²) in [6.07, 6.45) is 1.71. The van der Waals surface area contributed by atoms with E-state index in [4.69, 9.17) is 5.41 Å². The van der Waals surface area contributed by atoms with Gasteiger partial charge in [0.25, 0.3) is 5.91 Å². The van der Waals surface area contributed by atoms with Gasteiger partial charge >= 0.3 is 0 Å². The molecule has 4 rings (SSSR count). The smallest absolute Gasteiger partial charge is 0.259 e. The largest absolute Gasteiger partial charge is 0.343 e. The zero-order valence-corrected chi connectivity index (χ0v) is 20.0. The van der Waals surface area contributed by atoms with Gasteiger partial charge in [0, 0.05) is 26.6 Å². The lowest BCUT2D eigenvalue weighted by Crippen LogP contribution is -2.43. The molecule has 2 aromatic rings. The molecule has 2 saturated heterocycles. The lowest BCUT2D eigenvalue weighted by atomic mass is 9.88. The first kappa shape index (κ1) is 23.0. The number of hydrogen-bond acceptors (Lipinski definition) is 3. The molecule has 33 heavy (non-hydrogen) atoms. The quantitative estimate of drug-likeness (QED) is 0.718. The molecular weight excluding hydrogens is 412 g/mol. The van der Waals surface area contributed by atoms with Gasteiger partial charge in [-0.1, -0.05) is 56.3 Å². The summed E-state index contributed by atoms with van der Waals surface area (Å²) in [6.45, 7) is 9.79. The fourth-order valence-electron chi connectivity index (χ4n) is 4.87. The SMILES string of the molecule is CC(=O)N1CCC(CN2C(=N)NC(C)(c3cccc(-c4cccc(C(C)C)c4)c3)C2=O)CC1. The van der Waals surface area contributed by atoms with Crippen molar-refractivity contribution >= 4 is 17.8 Å². The van der Waals surface area contributed by atoms with Crippen LogP contribution >= 0.6 is 0 Å². The lowest BCUT2D eigenvalue weighted by molar-refractivity contribution is -0.133. The number of carbonyl (C=O) groups excluding carboxylic acids is 2. The van der Waals surface area contributed by atoms with Crippen molar-refractivity contribution in [2.45, 2.75) is 52.0 Å². The van der Waals surface area contributed by atoms with Crippen LogP contribution in [-0.4, -0.2) is 47.2 Å². The number of hydrogen-bond donors (Lipinski definition) is 2. The van der Waals surface area contributed by atoms with E-state index in [0.717, 1.165) is 42.6 Å². The normalized spacial score (nSPS) is 21.6. The first-order chi connectivity index (χ1) is 15.7. The number of carbonyl (C=O) groups is 2. The Bertz CT molecular complexity index is 1070. The van der Waals surface area contributed by atoms with Crippen LogP contribution in [0.5, 0.6) is 0 Å². The predicted molar refractivity (Wildman–Crippen MR) is 131 cm³/mol. The molecule has 0 spiro atoms. The van der Waals surface area contributed by atoms with E-state index in [1.54, 1.807) is 11.8 Å². The van der Waals surface area contributed by atoms with E-state index in [1.165, 1.54) is 5.56 Å². The van der Waals surface area contributed by atoms with Crippen LogP contribution in [0.15, 0.2) is 48.5 Å². The van der Waals surface area contributed by atoms with E-state index in [2.05, 4.69) is 55.6 Å². The Morgan fingerprint density at radius 2 is 1.76 bits per heavy atom. The molecule has 0 aliphatic carbocycles. The van der Waals surface area contributed by atoms with Crippen molar-refractivity contribution in [3.63, 3.8) is 0 Å². The molecular formula is C27H34N4O2. The van der Waals surface area contributed by atoms with Gasteiger partial charge in [-0.05, 0) is 59.9 Å². The molecule has 0 aromatic heterocycles. The van der Waals surface area contributed by atoms with E-state index < -0.39 is 5.54 Å². The minimum atomic E-state index is -0.969. The van der Waals surface area contributed by atoms with Gasteiger partial charge < -0.3 is 10.2 Å². The molecule has 2 fully saturated rings. The molecule has 0 radical (unpaired) electrons. The maximum Gasteiger partial charge on any atom is 0.259 e. The number of nitrogens with zero attached hydrogens (tertiary/aromatic N) is 2. The number of piperidine rings is 1. The Balaban J connectivity index is 1.53. The second kappa shape index (κ2) is 9.00. The van der Waals surface area contributed by atoms with Crippen LogP contribution in [0.3, 0.4) is 0 Å². The average Bonchev–Trinajstić information content (AvgIpc) is 3.03. The molecule has 0 saturated carbocycles. The van der Waals surface area contributed by atoms with E-state index in [0.29, 0.717) is 18.4 Å². The Morgan fingerprint density at radius 3 is 2.39 bits per heavy atom. The third-order valence-electron chi connectivity index (χ3n) is 7.14. The van der Waals surface area contributed by atoms with Crippen LogP contribution in [0, 0.1) is 11.3 Å². The van der Waals surface area contributed by atoms with Crippen LogP contribution in [0.2, 0.25) is 0 Å². The average molecular weight is 447 g/mol. The lowest BCUT2D eigenvalue weighted by Gasteiger charge is -2.33. The molecule has 0 bridgehead atoms. The Hall–Kier alpha value is -3.15. The van der Waals surface area contributed by atoms with E-state index in [-0.39, 0.29) is 17.8 Å². The number of nitrogens with one attached hydrogen (secondary N) is 2. The topological polar surface area (TPSA) is 76.5 Å². The van der Waals surface area contributed by atoms with Gasteiger partial charge in [-0.25, -0.2) is 0 Å². The second-order valence-corrected chi connectivity index (χ2v) is 9.82. The summed E-state index contributed by atoms with van der Waals surface area (Å²) in [7, 11) is 0. The molecule has 1 atom stereocenters. The molecule has 2 aliphatic rings. The predicted octanol–water partition coefficient (Wildman–Crippen LogP) is 4.32. The first-order valence-corrected chi connectivity index (χ1v) is 11.8. The molecule has 174 valence electrons. The summed E-state index contributed by atoms with van der Waals surface area (Å²) in [6, 6.07) is 16.6. The van der Waals surface area contributed by atoms with Gasteiger partial charge in [-0.3, -0.25) is 19.9 Å². The van der Waals surface area contributed by atoms with Crippen LogP contribution in [-0.2, 0) is 15.1 Å². The zero-order valence-electron chi connectivity index (χ0n) is 20.0. The molecule has 6 heteroatoms. The Kier molecular flexibility index (Phi) is 6.28. The zero-order chi connectivity index (χ0) is 23.8. The molecule has 2 heterocycles. The molecule has 2 aliphatic heterocycles. The molecule has 1 unspecified atom stereocenters. The minimum Gasteiger partial charge on any atom is -0.343 e. The van der Waals surface area contributed by atoms with Crippen LogP contribution < -0.4 is 5.32 Å². The number of amides is 2. The minimum absolute atomic E-state index is 0.0884. The fraction of sp³-hybridized carbons (Fsp3) is 0.444. The van der Waals surface area contributed by atoms with Gasteiger partial charge in [-0.15, -0.1) is 0 Å². The van der Waals surface area contributed by atoms with Crippen molar-refractivity contribution in [1.29, 1.82) is 5.41 Å². The van der Waals surface area contributed by atoms with Crippen LogP contribution in [0.4, 0.5) is 0 Å². The number of rotatable bonds is 5. The third kappa shape index (κ3) is 4.52. The number of benzene rings is 2. The van der Waals surface area contributed by atoms with E-state index in [9.17, 15) is 9.59 Å². The summed E-state index contributed by atoms with van der Waals surface area (Å²) >= 11 is 0. The van der Waals surface area contributed by atoms with Crippen molar-refractivity contribution in [3.05, 3.63) is 59.7 Å². The van der Waals surface area contributed by atoms with Crippen LogP contribution in [0.1, 0.15) is 57.6 Å². The maximum atomic E-state index is 13.5. The van der Waals surface area contributed by atoms with Crippen molar-refractivity contribution in [1.82, 2.24) is 15.1 Å². The summed E-state index contributed by atoms with van der Waals surface area (Å²) in [5, 5.41) is 11.7. The van der Waals surface area contributed by atoms with Gasteiger partial charge in [0.2, 0.25) is 5.91 Å². The summed E-state index contributed by atoms with van der Waals surface area (Å²) in [4.78, 5) is 28.6. The van der Waals surface area contributed by atoms with E-state index >= 15 is 0 Å². The summed E-state index contributed by atoms with van der Waals surface area (Å²) in [5.41, 5.74) is 3.36. The van der Waals surface area contributed by atoms with E-state index in [1.807, 2.05) is 24.0 Å². The second-order valence-electron chi connectivity index (χ2n) is 9.82. The fourth-order valence-corrected chi connectivity index (χ4v) is 4.87. The number of likely N-dealkylation sites (tertiary alicyclic amines) is 1. The van der Waals surface area contributed by atoms with Gasteiger partial charge in [0.1, 0.15) is 5.54 Å². The highest BCUT2D eigenvalue weighted by atomic mass is 16.2. The highest BCUT2D eigenvalue weighted by molar-refractivity contribution is 6.08. The monoisotopic (exact) mass is 446 g/mol. The van der Waals surface area contributed by atoms with Crippen LogP contribution in [0.25, 0.3) is 11.1 Å². The van der Waals surface area contributed by atoms with Crippen molar-refractivity contribution in [2.24, 2.45) is 5.92 Å². The molecule has 2 aromatic carbocycles. The van der Waals surface area contributed by atoms with Crippen molar-refractivity contribution < 1.29 is 9.59 Å². The molecule has 6 nitrogen and oxygen atoms in total. The highest BCUT2D eigenvalue weighted by Crippen LogP contribution is 2.33. The highest BCUT2D eigenvalue weighted by Gasteiger charge is 2.47. The Labute approximate surface area is 196 Å². The Morgan fingerprint density at radius 1 is 1.12 bits per heavy atom. The van der Waals surface area contributed by atoms with Crippen molar-refractivity contribution in [2.75, 3.05) is 19.6 Å². The standard InChI is InChI=1S/C27H34N4O2/c1-18(2)21-7-5-8-22(15-21)23-9-6-10-24(16-23)27(4)25(33)31(26(28)29-27)17-20-11-13-30(14-12-20)19(3)32/h5-10,15-16,18,20H,11-14,17H2,1-4H3,(H2,28,29). The maximum absolute atomic E-state index is 13.5. The van der Waals surface area contributed by atoms with Gasteiger partial charge in [0.05, 0.1) is 0 Å². The molecule has 2 N–H and O–H groups in total. The molecule has 2 amide bonds.